The number of carbonyl (C=O) groups excluding carboxylic acids is 1. The molecule has 0 aliphatic heterocycles. The van der Waals surface area contributed by atoms with Crippen molar-refractivity contribution in [3.05, 3.63) is 36.7 Å². The number of esters is 1. The maximum absolute atomic E-state index is 11.4. The molecule has 0 bridgehead atoms. The second-order valence-corrected chi connectivity index (χ2v) is 5.30. The molecule has 112 valence electrons. The quantitative estimate of drug-likeness (QED) is 0.525. The van der Waals surface area contributed by atoms with Crippen molar-refractivity contribution in [1.82, 2.24) is 24.8 Å². The smallest absolute Gasteiger partial charge is 0.316 e. The molecule has 0 fully saturated rings. The highest BCUT2D eigenvalue weighted by Gasteiger charge is 2.11. The lowest BCUT2D eigenvalue weighted by atomic mass is 10.3. The molecule has 0 saturated heterocycles. The van der Waals surface area contributed by atoms with E-state index < -0.39 is 0 Å². The third-order valence-electron chi connectivity index (χ3n) is 2.80. The number of fused-ring (bicyclic) bond motifs is 1. The second kappa shape index (κ2) is 6.52. The van der Waals surface area contributed by atoms with Crippen LogP contribution in [0.25, 0.3) is 17.0 Å². The molecule has 0 amide bonds. The van der Waals surface area contributed by atoms with Crippen LogP contribution in [0.1, 0.15) is 6.92 Å². The van der Waals surface area contributed by atoms with Gasteiger partial charge in [-0.05, 0) is 31.2 Å². The molecule has 8 heteroatoms. The minimum absolute atomic E-state index is 0.219. The molecule has 7 nitrogen and oxygen atoms in total. The third kappa shape index (κ3) is 3.06. The average Bonchev–Trinajstić information content (AvgIpc) is 2.97. The van der Waals surface area contributed by atoms with Crippen molar-refractivity contribution in [2.75, 3.05) is 12.4 Å². The van der Waals surface area contributed by atoms with Gasteiger partial charge in [0.25, 0.3) is 0 Å². The van der Waals surface area contributed by atoms with Gasteiger partial charge in [-0.2, -0.15) is 9.61 Å². The van der Waals surface area contributed by atoms with Crippen LogP contribution in [0.3, 0.4) is 0 Å². The molecule has 0 radical (unpaired) electrons. The Hall–Kier alpha value is -2.48. The SMILES string of the molecule is CCOC(=O)CSc1ccc2nnc(-c3cccnc3)n2n1. The first-order valence-electron chi connectivity index (χ1n) is 6.69. The van der Waals surface area contributed by atoms with E-state index in [0.29, 0.717) is 23.1 Å². The summed E-state index contributed by atoms with van der Waals surface area (Å²) >= 11 is 1.31. The van der Waals surface area contributed by atoms with Crippen LogP contribution in [-0.2, 0) is 9.53 Å². The fourth-order valence-corrected chi connectivity index (χ4v) is 2.51. The van der Waals surface area contributed by atoms with Crippen LogP contribution < -0.4 is 0 Å². The number of ether oxygens (including phenoxy) is 1. The van der Waals surface area contributed by atoms with Crippen molar-refractivity contribution in [3.8, 4) is 11.4 Å². The average molecular weight is 315 g/mol. The Morgan fingerprint density at radius 2 is 2.23 bits per heavy atom. The summed E-state index contributed by atoms with van der Waals surface area (Å²) in [6, 6.07) is 7.34. The number of aromatic nitrogens is 5. The van der Waals surface area contributed by atoms with Gasteiger partial charge in [0.1, 0.15) is 5.03 Å². The Morgan fingerprint density at radius 3 is 3.00 bits per heavy atom. The van der Waals surface area contributed by atoms with Crippen LogP contribution in [0.4, 0.5) is 0 Å². The number of thioether (sulfide) groups is 1. The van der Waals surface area contributed by atoms with E-state index in [9.17, 15) is 4.79 Å². The highest BCUT2D eigenvalue weighted by molar-refractivity contribution is 7.99. The zero-order chi connectivity index (χ0) is 15.4. The van der Waals surface area contributed by atoms with Gasteiger partial charge in [0, 0.05) is 18.0 Å². The zero-order valence-electron chi connectivity index (χ0n) is 11.8. The van der Waals surface area contributed by atoms with Crippen molar-refractivity contribution < 1.29 is 9.53 Å². The van der Waals surface area contributed by atoms with Crippen LogP contribution in [0.15, 0.2) is 41.7 Å². The molecule has 0 aliphatic rings. The number of hydrogen-bond donors (Lipinski definition) is 0. The Bertz CT molecular complexity index is 790. The lowest BCUT2D eigenvalue weighted by Crippen LogP contribution is -2.07. The number of carbonyl (C=O) groups is 1. The molecule has 0 saturated carbocycles. The summed E-state index contributed by atoms with van der Waals surface area (Å²) in [5, 5.41) is 13.4. The summed E-state index contributed by atoms with van der Waals surface area (Å²) in [5.74, 6) is 0.573. The maximum Gasteiger partial charge on any atom is 0.316 e. The van der Waals surface area contributed by atoms with Crippen LogP contribution in [-0.4, -0.2) is 43.1 Å². The molecular weight excluding hydrogens is 302 g/mol. The van der Waals surface area contributed by atoms with Crippen molar-refractivity contribution >= 4 is 23.4 Å². The minimum Gasteiger partial charge on any atom is -0.465 e. The van der Waals surface area contributed by atoms with Gasteiger partial charge in [-0.3, -0.25) is 9.78 Å². The number of nitrogens with zero attached hydrogens (tertiary/aromatic N) is 5. The molecule has 3 heterocycles. The van der Waals surface area contributed by atoms with Crippen molar-refractivity contribution in [2.24, 2.45) is 0 Å². The van der Waals surface area contributed by atoms with Gasteiger partial charge in [0.2, 0.25) is 0 Å². The van der Waals surface area contributed by atoms with Crippen molar-refractivity contribution in [1.29, 1.82) is 0 Å². The zero-order valence-corrected chi connectivity index (χ0v) is 12.7. The van der Waals surface area contributed by atoms with Gasteiger partial charge in [0.15, 0.2) is 11.5 Å². The van der Waals surface area contributed by atoms with Crippen LogP contribution in [0.5, 0.6) is 0 Å². The first-order valence-corrected chi connectivity index (χ1v) is 7.68. The van der Waals surface area contributed by atoms with E-state index in [4.69, 9.17) is 4.74 Å². The van der Waals surface area contributed by atoms with E-state index in [1.807, 2.05) is 18.2 Å². The minimum atomic E-state index is -0.259. The van der Waals surface area contributed by atoms with Crippen molar-refractivity contribution in [2.45, 2.75) is 11.9 Å². The first kappa shape index (κ1) is 14.5. The molecule has 0 atom stereocenters. The van der Waals surface area contributed by atoms with E-state index >= 15 is 0 Å². The predicted molar refractivity (Wildman–Crippen MR) is 81.4 cm³/mol. The third-order valence-corrected chi connectivity index (χ3v) is 3.69. The highest BCUT2D eigenvalue weighted by atomic mass is 32.2. The van der Waals surface area contributed by atoms with E-state index in [0.717, 1.165) is 5.56 Å². The lowest BCUT2D eigenvalue weighted by Gasteiger charge is -2.03. The molecule has 3 rings (SSSR count). The molecule has 0 unspecified atom stereocenters. The molecule has 0 aliphatic carbocycles. The Labute approximate surface area is 130 Å². The van der Waals surface area contributed by atoms with Crippen LogP contribution >= 0.6 is 11.8 Å². The summed E-state index contributed by atoms with van der Waals surface area (Å²) in [5.41, 5.74) is 1.47. The first-order chi connectivity index (χ1) is 10.8. The fraction of sp³-hybridized carbons (Fsp3) is 0.214. The fourth-order valence-electron chi connectivity index (χ4n) is 1.86. The van der Waals surface area contributed by atoms with E-state index in [2.05, 4.69) is 20.3 Å². The largest absolute Gasteiger partial charge is 0.465 e. The van der Waals surface area contributed by atoms with Gasteiger partial charge in [-0.1, -0.05) is 11.8 Å². The molecule has 3 aromatic heterocycles. The monoisotopic (exact) mass is 315 g/mol. The lowest BCUT2D eigenvalue weighted by molar-refractivity contribution is -0.139. The number of rotatable bonds is 5. The van der Waals surface area contributed by atoms with E-state index in [1.54, 1.807) is 29.9 Å². The number of pyridine rings is 1. The van der Waals surface area contributed by atoms with Gasteiger partial charge in [-0.15, -0.1) is 10.2 Å². The molecule has 0 aromatic carbocycles. The maximum atomic E-state index is 11.4. The van der Waals surface area contributed by atoms with Gasteiger partial charge in [0.05, 0.1) is 12.4 Å². The Kier molecular flexibility index (Phi) is 4.29. The summed E-state index contributed by atoms with van der Waals surface area (Å²) in [7, 11) is 0. The molecule has 0 N–H and O–H groups in total. The predicted octanol–water partition coefficient (Wildman–Crippen LogP) is 1.84. The summed E-state index contributed by atoms with van der Waals surface area (Å²) < 4.78 is 6.55. The highest BCUT2D eigenvalue weighted by Crippen LogP contribution is 2.20. The topological polar surface area (TPSA) is 82.3 Å². The molecular formula is C14H13N5O2S. The normalized spacial score (nSPS) is 10.8. The summed E-state index contributed by atoms with van der Waals surface area (Å²) in [6.07, 6.45) is 3.40. The van der Waals surface area contributed by atoms with Gasteiger partial charge in [-0.25, -0.2) is 0 Å². The molecule has 22 heavy (non-hydrogen) atoms. The standard InChI is InChI=1S/C14H13N5O2S/c1-2-21-13(20)9-22-12-6-5-11-16-17-14(19(11)18-12)10-4-3-7-15-8-10/h3-8H,2,9H2,1H3. The molecule has 0 spiro atoms. The second-order valence-electron chi connectivity index (χ2n) is 4.30. The van der Waals surface area contributed by atoms with Crippen molar-refractivity contribution in [3.63, 3.8) is 0 Å². The Morgan fingerprint density at radius 1 is 1.32 bits per heavy atom. The van der Waals surface area contributed by atoms with Gasteiger partial charge >= 0.3 is 5.97 Å². The van der Waals surface area contributed by atoms with E-state index in [-0.39, 0.29) is 11.7 Å². The summed E-state index contributed by atoms with van der Waals surface area (Å²) in [6.45, 7) is 2.16. The Balaban J connectivity index is 1.87. The van der Waals surface area contributed by atoms with Crippen LogP contribution in [0, 0.1) is 0 Å². The summed E-state index contributed by atoms with van der Waals surface area (Å²) in [4.78, 5) is 15.5. The molecule has 3 aromatic rings. The van der Waals surface area contributed by atoms with Gasteiger partial charge < -0.3 is 4.74 Å². The number of hydrogen-bond acceptors (Lipinski definition) is 7. The van der Waals surface area contributed by atoms with Crippen LogP contribution in [0.2, 0.25) is 0 Å². The van der Waals surface area contributed by atoms with E-state index in [1.165, 1.54) is 11.8 Å².